The van der Waals surface area contributed by atoms with Crippen molar-refractivity contribution in [2.24, 2.45) is 0 Å². The van der Waals surface area contributed by atoms with E-state index in [-0.39, 0.29) is 12.2 Å². The maximum atomic E-state index is 13.4. The first-order valence-electron chi connectivity index (χ1n) is 4.17. The summed E-state index contributed by atoms with van der Waals surface area (Å²) < 4.78 is 36.0. The summed E-state index contributed by atoms with van der Waals surface area (Å²) in [6.07, 6.45) is 2.70. The lowest BCUT2D eigenvalue weighted by Crippen LogP contribution is -2.33. The third kappa shape index (κ3) is 4.21. The molecule has 1 aromatic heterocycles. The second-order valence-corrected chi connectivity index (χ2v) is 6.15. The fourth-order valence-electron chi connectivity index (χ4n) is 0.772. The van der Waals surface area contributed by atoms with Gasteiger partial charge in [-0.3, -0.25) is 0 Å². The van der Waals surface area contributed by atoms with Crippen molar-refractivity contribution in [3.8, 4) is 0 Å². The maximum Gasteiger partial charge on any atom is 0.344 e. The van der Waals surface area contributed by atoms with Gasteiger partial charge in [-0.15, -0.1) is 0 Å². The number of thioether (sulfide) groups is 1. The van der Waals surface area contributed by atoms with E-state index < -0.39 is 9.41 Å². The Morgan fingerprint density at radius 2 is 1.75 bits per heavy atom. The number of hydrogen-bond acceptors (Lipinski definition) is 3. The SMILES string of the molecule is FC(F)(Br)C(F)(Br)CCSc1ncccn1. The van der Waals surface area contributed by atoms with Crippen LogP contribution in [0.3, 0.4) is 0 Å². The normalized spacial score (nSPS) is 15.8. The molecule has 0 amide bonds. The third-order valence-corrected chi connectivity index (χ3v) is 4.54. The van der Waals surface area contributed by atoms with E-state index in [1.807, 2.05) is 15.9 Å². The van der Waals surface area contributed by atoms with Gasteiger partial charge in [0.1, 0.15) is 0 Å². The van der Waals surface area contributed by atoms with Crippen LogP contribution in [0.4, 0.5) is 13.2 Å². The van der Waals surface area contributed by atoms with E-state index in [0.717, 1.165) is 11.8 Å². The van der Waals surface area contributed by atoms with E-state index >= 15 is 0 Å². The molecule has 0 spiro atoms. The Kier molecular flexibility index (Phi) is 5.06. The molecule has 1 unspecified atom stereocenters. The lowest BCUT2D eigenvalue weighted by Gasteiger charge is -2.22. The molecule has 0 aliphatic heterocycles. The Bertz CT molecular complexity index is 332. The fraction of sp³-hybridized carbons (Fsp3) is 0.500. The van der Waals surface area contributed by atoms with Crippen molar-refractivity contribution in [1.82, 2.24) is 9.97 Å². The highest BCUT2D eigenvalue weighted by Gasteiger charge is 2.50. The number of nitrogens with zero attached hydrogens (tertiary/aromatic N) is 2. The first kappa shape index (κ1) is 14.2. The van der Waals surface area contributed by atoms with Crippen LogP contribution in [0.15, 0.2) is 23.6 Å². The number of halogens is 5. The molecule has 8 heteroatoms. The molecule has 16 heavy (non-hydrogen) atoms. The minimum atomic E-state index is -3.60. The summed E-state index contributed by atoms with van der Waals surface area (Å²) in [6.45, 7) is 0. The Balaban J connectivity index is 2.42. The molecular formula is C8H7Br2F3N2S. The summed E-state index contributed by atoms with van der Waals surface area (Å²) in [4.78, 5) is 4.15. The second-order valence-electron chi connectivity index (χ2n) is 2.83. The summed E-state index contributed by atoms with van der Waals surface area (Å²) >= 11 is 5.47. The van der Waals surface area contributed by atoms with Crippen LogP contribution in [-0.2, 0) is 0 Å². The molecule has 1 heterocycles. The van der Waals surface area contributed by atoms with Gasteiger partial charge >= 0.3 is 4.83 Å². The third-order valence-electron chi connectivity index (χ3n) is 1.60. The molecule has 1 aromatic rings. The molecule has 0 saturated heterocycles. The molecule has 1 atom stereocenters. The molecule has 0 N–H and O–H groups in total. The average Bonchev–Trinajstić information content (AvgIpc) is 2.17. The number of aromatic nitrogens is 2. The van der Waals surface area contributed by atoms with Crippen molar-refractivity contribution < 1.29 is 13.2 Å². The van der Waals surface area contributed by atoms with Gasteiger partial charge in [0.15, 0.2) is 5.16 Å². The average molecular weight is 380 g/mol. The van der Waals surface area contributed by atoms with E-state index in [4.69, 9.17) is 0 Å². The van der Waals surface area contributed by atoms with Crippen LogP contribution in [-0.4, -0.2) is 25.1 Å². The Morgan fingerprint density at radius 1 is 1.19 bits per heavy atom. The monoisotopic (exact) mass is 378 g/mol. The van der Waals surface area contributed by atoms with Gasteiger partial charge in [-0.1, -0.05) is 11.8 Å². The highest BCUT2D eigenvalue weighted by Crippen LogP contribution is 2.45. The Hall–Kier alpha value is 0.180. The van der Waals surface area contributed by atoms with Gasteiger partial charge in [-0.2, -0.15) is 8.78 Å². The second kappa shape index (κ2) is 5.68. The zero-order chi connectivity index (χ0) is 12.2. The first-order chi connectivity index (χ1) is 7.33. The zero-order valence-corrected chi connectivity index (χ0v) is 11.8. The first-order valence-corrected chi connectivity index (χ1v) is 6.74. The summed E-state index contributed by atoms with van der Waals surface area (Å²) in [5, 5.41) is 0.434. The van der Waals surface area contributed by atoms with Gasteiger partial charge in [0.05, 0.1) is 0 Å². The molecule has 0 bridgehead atoms. The van der Waals surface area contributed by atoms with E-state index in [1.54, 1.807) is 6.07 Å². The summed E-state index contributed by atoms with van der Waals surface area (Å²) in [6, 6.07) is 1.64. The largest absolute Gasteiger partial charge is 0.344 e. The molecule has 0 aliphatic carbocycles. The van der Waals surface area contributed by atoms with Gasteiger partial charge < -0.3 is 0 Å². The molecule has 0 aliphatic rings. The molecule has 0 aromatic carbocycles. The van der Waals surface area contributed by atoms with Crippen LogP contribution in [0.2, 0.25) is 0 Å². The highest BCUT2D eigenvalue weighted by atomic mass is 79.9. The standard InChI is InChI=1S/C8H7Br2F3N2S/c9-7(11,8(10,12)13)2-5-16-6-14-3-1-4-15-6/h1,3-4H,2,5H2. The van der Waals surface area contributed by atoms with Crippen LogP contribution < -0.4 is 0 Å². The van der Waals surface area contributed by atoms with Crippen molar-refractivity contribution in [1.29, 1.82) is 0 Å². The molecule has 0 radical (unpaired) electrons. The number of rotatable bonds is 5. The molecule has 0 saturated carbocycles. The van der Waals surface area contributed by atoms with E-state index in [2.05, 4.69) is 25.9 Å². The van der Waals surface area contributed by atoms with E-state index in [0.29, 0.717) is 5.16 Å². The Morgan fingerprint density at radius 3 is 2.25 bits per heavy atom. The maximum absolute atomic E-state index is 13.4. The molecular weight excluding hydrogens is 373 g/mol. The smallest absolute Gasteiger partial charge is 0.231 e. The number of alkyl halides is 5. The molecule has 2 nitrogen and oxygen atoms in total. The van der Waals surface area contributed by atoms with Gasteiger partial charge in [-0.25, -0.2) is 14.4 Å². The minimum Gasteiger partial charge on any atom is -0.231 e. The summed E-state index contributed by atoms with van der Waals surface area (Å²) in [5.41, 5.74) is 0. The van der Waals surface area contributed by atoms with Crippen LogP contribution >= 0.6 is 43.6 Å². The van der Waals surface area contributed by atoms with Crippen molar-refractivity contribution in [2.45, 2.75) is 21.0 Å². The fourth-order valence-corrected chi connectivity index (χ4v) is 2.27. The molecule has 90 valence electrons. The van der Waals surface area contributed by atoms with Crippen molar-refractivity contribution >= 4 is 43.6 Å². The van der Waals surface area contributed by atoms with Crippen molar-refractivity contribution in [2.75, 3.05) is 5.75 Å². The van der Waals surface area contributed by atoms with Crippen LogP contribution in [0, 0.1) is 0 Å². The summed E-state index contributed by atoms with van der Waals surface area (Å²) in [5.74, 6) is 0.146. The predicted molar refractivity (Wildman–Crippen MR) is 64.0 cm³/mol. The molecule has 0 fully saturated rings. The van der Waals surface area contributed by atoms with Crippen LogP contribution in [0.25, 0.3) is 0 Å². The van der Waals surface area contributed by atoms with Crippen molar-refractivity contribution in [3.05, 3.63) is 18.5 Å². The van der Waals surface area contributed by atoms with E-state index in [1.165, 1.54) is 12.4 Å². The van der Waals surface area contributed by atoms with E-state index in [9.17, 15) is 13.2 Å². The van der Waals surface area contributed by atoms with Crippen LogP contribution in [0.5, 0.6) is 0 Å². The minimum absolute atomic E-state index is 0.146. The molecule has 1 rings (SSSR count). The summed E-state index contributed by atoms with van der Waals surface area (Å²) in [7, 11) is 0. The van der Waals surface area contributed by atoms with Gasteiger partial charge in [0.2, 0.25) is 4.58 Å². The van der Waals surface area contributed by atoms with Crippen LogP contribution in [0.1, 0.15) is 6.42 Å². The number of hydrogen-bond donors (Lipinski definition) is 0. The Labute approximate surface area is 112 Å². The van der Waals surface area contributed by atoms with Crippen molar-refractivity contribution in [3.63, 3.8) is 0 Å². The van der Waals surface area contributed by atoms with Gasteiger partial charge in [0, 0.05) is 24.6 Å². The van der Waals surface area contributed by atoms with Gasteiger partial charge in [0.25, 0.3) is 0 Å². The lowest BCUT2D eigenvalue weighted by atomic mass is 10.3. The zero-order valence-electron chi connectivity index (χ0n) is 7.84. The van der Waals surface area contributed by atoms with Gasteiger partial charge in [-0.05, 0) is 37.9 Å². The quantitative estimate of drug-likeness (QED) is 0.439. The highest BCUT2D eigenvalue weighted by molar-refractivity contribution is 9.12. The predicted octanol–water partition coefficient (Wildman–Crippen LogP) is 4.01. The lowest BCUT2D eigenvalue weighted by molar-refractivity contribution is 0.00363. The topological polar surface area (TPSA) is 25.8 Å².